The molecule has 1 aromatic rings. The monoisotopic (exact) mass is 279 g/mol. The molecular formula is C14H25N5O. The van der Waals surface area contributed by atoms with E-state index in [1.54, 1.807) is 0 Å². The van der Waals surface area contributed by atoms with Crippen molar-refractivity contribution in [1.29, 1.82) is 0 Å². The molecule has 2 rings (SSSR count). The Morgan fingerprint density at radius 1 is 1.40 bits per heavy atom. The van der Waals surface area contributed by atoms with Crippen LogP contribution >= 0.6 is 0 Å². The number of nitrogens with zero attached hydrogens (tertiary/aromatic N) is 3. The van der Waals surface area contributed by atoms with Crippen LogP contribution in [0, 0.1) is 0 Å². The first kappa shape index (κ1) is 15.0. The van der Waals surface area contributed by atoms with E-state index >= 15 is 0 Å². The van der Waals surface area contributed by atoms with Crippen LogP contribution in [-0.2, 0) is 5.41 Å². The van der Waals surface area contributed by atoms with Gasteiger partial charge in [0.2, 0.25) is 0 Å². The molecule has 112 valence electrons. The minimum Gasteiger partial charge on any atom is -0.394 e. The molecule has 6 heteroatoms. The first-order valence-corrected chi connectivity index (χ1v) is 7.19. The minimum absolute atomic E-state index is 0.136. The lowest BCUT2D eigenvalue weighted by Crippen LogP contribution is -2.42. The molecular weight excluding hydrogens is 254 g/mol. The van der Waals surface area contributed by atoms with E-state index in [1.807, 2.05) is 6.07 Å². The predicted octanol–water partition coefficient (Wildman–Crippen LogP) is 1.41. The van der Waals surface area contributed by atoms with Crippen LogP contribution in [0.1, 0.15) is 45.9 Å². The standard InChI is InChI=1S/C14H25N5O/c1-14(2,3)13-16-11(18-15)8-12(17-13)19-7-5-4-6-10(19)9-20/h8,10,20H,4-7,9,15H2,1-3H3,(H,16,17,18). The highest BCUT2D eigenvalue weighted by Crippen LogP contribution is 2.27. The largest absolute Gasteiger partial charge is 0.394 e. The Bertz CT molecular complexity index is 457. The molecule has 0 radical (unpaired) electrons. The number of anilines is 2. The molecule has 20 heavy (non-hydrogen) atoms. The molecule has 1 atom stereocenters. The van der Waals surface area contributed by atoms with Crippen LogP contribution in [0.25, 0.3) is 0 Å². The summed E-state index contributed by atoms with van der Waals surface area (Å²) in [6.45, 7) is 7.29. The molecule has 1 aliphatic rings. The van der Waals surface area contributed by atoms with Crippen molar-refractivity contribution in [2.45, 2.75) is 51.5 Å². The average molecular weight is 279 g/mol. The van der Waals surface area contributed by atoms with Crippen molar-refractivity contribution in [2.24, 2.45) is 5.84 Å². The molecule has 0 amide bonds. The average Bonchev–Trinajstić information content (AvgIpc) is 2.45. The van der Waals surface area contributed by atoms with Crippen LogP contribution in [0.15, 0.2) is 6.07 Å². The lowest BCUT2D eigenvalue weighted by atomic mass is 9.95. The van der Waals surface area contributed by atoms with E-state index in [9.17, 15) is 5.11 Å². The van der Waals surface area contributed by atoms with Crippen molar-refractivity contribution < 1.29 is 5.11 Å². The maximum Gasteiger partial charge on any atom is 0.145 e. The van der Waals surface area contributed by atoms with Gasteiger partial charge in [0, 0.05) is 18.0 Å². The highest BCUT2D eigenvalue weighted by atomic mass is 16.3. The maximum absolute atomic E-state index is 9.55. The molecule has 1 fully saturated rings. The van der Waals surface area contributed by atoms with Gasteiger partial charge in [0.25, 0.3) is 0 Å². The summed E-state index contributed by atoms with van der Waals surface area (Å²) in [5, 5.41) is 9.55. The topological polar surface area (TPSA) is 87.3 Å². The third-order valence-corrected chi connectivity index (χ3v) is 3.66. The molecule has 0 spiro atoms. The van der Waals surface area contributed by atoms with Gasteiger partial charge in [0.05, 0.1) is 12.6 Å². The third kappa shape index (κ3) is 3.19. The van der Waals surface area contributed by atoms with Crippen molar-refractivity contribution in [3.8, 4) is 0 Å². The van der Waals surface area contributed by atoms with Crippen LogP contribution in [0.3, 0.4) is 0 Å². The number of nitrogens with two attached hydrogens (primary N) is 1. The zero-order chi connectivity index (χ0) is 14.8. The second-order valence-corrected chi connectivity index (χ2v) is 6.35. The summed E-state index contributed by atoms with van der Waals surface area (Å²) in [4.78, 5) is 11.3. The number of rotatable bonds is 3. The van der Waals surface area contributed by atoms with Crippen molar-refractivity contribution in [2.75, 3.05) is 23.5 Å². The van der Waals surface area contributed by atoms with Gasteiger partial charge in [0.1, 0.15) is 17.5 Å². The van der Waals surface area contributed by atoms with Crippen molar-refractivity contribution in [1.82, 2.24) is 9.97 Å². The molecule has 1 aromatic heterocycles. The Morgan fingerprint density at radius 3 is 2.75 bits per heavy atom. The quantitative estimate of drug-likeness (QED) is 0.573. The number of nitrogen functional groups attached to an aromatic ring is 1. The van der Waals surface area contributed by atoms with Gasteiger partial charge in [0.15, 0.2) is 0 Å². The van der Waals surface area contributed by atoms with Crippen LogP contribution in [0.2, 0.25) is 0 Å². The number of aromatic nitrogens is 2. The van der Waals surface area contributed by atoms with E-state index in [2.05, 4.69) is 41.1 Å². The van der Waals surface area contributed by atoms with E-state index in [-0.39, 0.29) is 18.1 Å². The minimum atomic E-state index is -0.147. The van der Waals surface area contributed by atoms with E-state index in [0.29, 0.717) is 5.82 Å². The fraction of sp³-hybridized carbons (Fsp3) is 0.714. The zero-order valence-electron chi connectivity index (χ0n) is 12.6. The van der Waals surface area contributed by atoms with Gasteiger partial charge in [-0.15, -0.1) is 0 Å². The number of aliphatic hydroxyl groups is 1. The van der Waals surface area contributed by atoms with E-state index in [4.69, 9.17) is 5.84 Å². The van der Waals surface area contributed by atoms with Crippen LogP contribution < -0.4 is 16.2 Å². The Kier molecular flexibility index (Phi) is 4.45. The summed E-state index contributed by atoms with van der Waals surface area (Å²) in [6.07, 6.45) is 3.27. The predicted molar refractivity (Wildman–Crippen MR) is 80.6 cm³/mol. The molecule has 0 aromatic carbocycles. The first-order chi connectivity index (χ1) is 9.45. The summed E-state index contributed by atoms with van der Waals surface area (Å²) >= 11 is 0. The van der Waals surface area contributed by atoms with Gasteiger partial charge in [-0.05, 0) is 19.3 Å². The number of nitrogens with one attached hydrogen (secondary N) is 1. The van der Waals surface area contributed by atoms with Gasteiger partial charge in [-0.25, -0.2) is 15.8 Å². The Hall–Kier alpha value is -1.40. The van der Waals surface area contributed by atoms with Gasteiger partial charge in [-0.1, -0.05) is 20.8 Å². The Morgan fingerprint density at radius 2 is 2.15 bits per heavy atom. The molecule has 1 unspecified atom stereocenters. The zero-order valence-corrected chi connectivity index (χ0v) is 12.6. The highest BCUT2D eigenvalue weighted by Gasteiger charge is 2.26. The van der Waals surface area contributed by atoms with E-state index in [0.717, 1.165) is 37.4 Å². The van der Waals surface area contributed by atoms with Gasteiger partial charge in [-0.3, -0.25) is 0 Å². The lowest BCUT2D eigenvalue weighted by Gasteiger charge is -2.36. The summed E-state index contributed by atoms with van der Waals surface area (Å²) in [7, 11) is 0. The molecule has 4 N–H and O–H groups in total. The fourth-order valence-electron chi connectivity index (χ4n) is 2.48. The number of hydrogen-bond donors (Lipinski definition) is 3. The van der Waals surface area contributed by atoms with Crippen LogP contribution in [-0.4, -0.2) is 34.3 Å². The molecule has 0 aliphatic carbocycles. The summed E-state index contributed by atoms with van der Waals surface area (Å²) in [6, 6.07) is 1.99. The molecule has 2 heterocycles. The number of piperidine rings is 1. The van der Waals surface area contributed by atoms with E-state index < -0.39 is 0 Å². The summed E-state index contributed by atoms with van der Waals surface area (Å²) < 4.78 is 0. The summed E-state index contributed by atoms with van der Waals surface area (Å²) in [5.41, 5.74) is 2.46. The van der Waals surface area contributed by atoms with Gasteiger partial charge < -0.3 is 15.4 Å². The molecule has 0 bridgehead atoms. The number of hydrazine groups is 1. The van der Waals surface area contributed by atoms with E-state index in [1.165, 1.54) is 0 Å². The van der Waals surface area contributed by atoms with Gasteiger partial charge >= 0.3 is 0 Å². The Labute approximate surface area is 120 Å². The SMILES string of the molecule is CC(C)(C)c1nc(NN)cc(N2CCCCC2CO)n1. The molecule has 0 saturated carbocycles. The molecule has 1 aliphatic heterocycles. The normalized spacial score (nSPS) is 20.1. The third-order valence-electron chi connectivity index (χ3n) is 3.66. The second-order valence-electron chi connectivity index (χ2n) is 6.35. The number of aliphatic hydroxyl groups excluding tert-OH is 1. The van der Waals surface area contributed by atoms with Crippen molar-refractivity contribution in [3.05, 3.63) is 11.9 Å². The van der Waals surface area contributed by atoms with Gasteiger partial charge in [-0.2, -0.15) is 0 Å². The molecule has 6 nitrogen and oxygen atoms in total. The Balaban J connectivity index is 2.39. The number of hydrogen-bond acceptors (Lipinski definition) is 6. The first-order valence-electron chi connectivity index (χ1n) is 7.19. The highest BCUT2D eigenvalue weighted by molar-refractivity contribution is 5.50. The fourth-order valence-corrected chi connectivity index (χ4v) is 2.48. The smallest absolute Gasteiger partial charge is 0.145 e. The van der Waals surface area contributed by atoms with Crippen LogP contribution in [0.5, 0.6) is 0 Å². The van der Waals surface area contributed by atoms with Crippen LogP contribution in [0.4, 0.5) is 11.6 Å². The van der Waals surface area contributed by atoms with Crippen molar-refractivity contribution >= 4 is 11.6 Å². The van der Waals surface area contributed by atoms with Crippen molar-refractivity contribution in [3.63, 3.8) is 0 Å². The summed E-state index contributed by atoms with van der Waals surface area (Å²) in [5.74, 6) is 7.73. The lowest BCUT2D eigenvalue weighted by molar-refractivity contribution is 0.239. The molecule has 1 saturated heterocycles. The maximum atomic E-state index is 9.55. The second kappa shape index (κ2) is 5.93.